The maximum absolute atomic E-state index is 5.84. The monoisotopic (exact) mass is 333 g/mol. The summed E-state index contributed by atoms with van der Waals surface area (Å²) in [4.78, 5) is 9.10. The summed E-state index contributed by atoms with van der Waals surface area (Å²) < 4.78 is 16.6. The zero-order chi connectivity index (χ0) is 16.6. The molecule has 0 spiro atoms. The molecule has 0 aliphatic carbocycles. The van der Waals surface area contributed by atoms with E-state index in [4.69, 9.17) is 13.7 Å². The molecule has 2 aromatic heterocycles. The highest BCUT2D eigenvalue weighted by atomic mass is 16.5. The number of hydrogen-bond donors (Lipinski definition) is 0. The summed E-state index contributed by atoms with van der Waals surface area (Å²) in [5, 5.41) is 4.10. The second-order valence-corrected chi connectivity index (χ2v) is 6.08. The van der Waals surface area contributed by atoms with Crippen molar-refractivity contribution in [2.45, 2.75) is 12.3 Å². The van der Waals surface area contributed by atoms with Crippen molar-refractivity contribution in [3.05, 3.63) is 54.4 Å². The Hall–Kier alpha value is -2.99. The Morgan fingerprint density at radius 2 is 1.88 bits per heavy atom. The molecule has 0 saturated carbocycles. The van der Waals surface area contributed by atoms with Gasteiger partial charge in [-0.15, -0.1) is 0 Å². The maximum Gasteiger partial charge on any atom is 0.232 e. The van der Waals surface area contributed by atoms with Crippen molar-refractivity contribution in [1.29, 1.82) is 0 Å². The van der Waals surface area contributed by atoms with Crippen LogP contribution in [0.1, 0.15) is 18.2 Å². The number of hydrogen-bond acceptors (Lipinski definition) is 6. The van der Waals surface area contributed by atoms with E-state index in [1.165, 1.54) is 0 Å². The summed E-state index contributed by atoms with van der Waals surface area (Å²) in [6.07, 6.45) is 0.921. The van der Waals surface area contributed by atoms with Crippen LogP contribution in [-0.4, -0.2) is 28.3 Å². The average Bonchev–Trinajstić information content (AvgIpc) is 3.40. The Morgan fingerprint density at radius 3 is 2.72 bits per heavy atom. The minimum atomic E-state index is 0.196. The van der Waals surface area contributed by atoms with Crippen molar-refractivity contribution in [2.24, 2.45) is 0 Å². The molecule has 0 radical (unpaired) electrons. The second kappa shape index (κ2) is 5.82. The first-order chi connectivity index (χ1) is 12.4. The standard InChI is InChI=1S/C19H15N3O3/c1-2-4-12(5-3-1)18-20-15-10-13(6-7-16(15)24-18)17-21-19(25-22-17)14-8-9-23-11-14/h1-7,10,14H,8-9,11H2. The fourth-order valence-corrected chi connectivity index (χ4v) is 3.02. The highest BCUT2D eigenvalue weighted by molar-refractivity contribution is 5.81. The third-order valence-electron chi connectivity index (χ3n) is 4.39. The fraction of sp³-hybridized carbons (Fsp3) is 0.211. The molecule has 25 heavy (non-hydrogen) atoms. The molecule has 2 aromatic carbocycles. The van der Waals surface area contributed by atoms with Crippen LogP contribution in [0.25, 0.3) is 33.9 Å². The smallest absolute Gasteiger partial charge is 0.232 e. The average molecular weight is 333 g/mol. The maximum atomic E-state index is 5.84. The van der Waals surface area contributed by atoms with E-state index in [0.717, 1.165) is 35.3 Å². The van der Waals surface area contributed by atoms with E-state index in [0.29, 0.717) is 24.2 Å². The zero-order valence-corrected chi connectivity index (χ0v) is 13.4. The van der Waals surface area contributed by atoms with Gasteiger partial charge in [-0.2, -0.15) is 4.98 Å². The van der Waals surface area contributed by atoms with Crippen LogP contribution in [0.2, 0.25) is 0 Å². The van der Waals surface area contributed by atoms with Crippen molar-refractivity contribution in [3.8, 4) is 22.8 Å². The van der Waals surface area contributed by atoms with Gasteiger partial charge in [-0.3, -0.25) is 0 Å². The highest BCUT2D eigenvalue weighted by Crippen LogP contribution is 2.29. The van der Waals surface area contributed by atoms with E-state index >= 15 is 0 Å². The molecule has 1 atom stereocenters. The number of benzene rings is 2. The second-order valence-electron chi connectivity index (χ2n) is 6.08. The Labute approximate surface area is 143 Å². The predicted molar refractivity (Wildman–Crippen MR) is 90.9 cm³/mol. The first-order valence-electron chi connectivity index (χ1n) is 8.24. The number of nitrogens with zero attached hydrogens (tertiary/aromatic N) is 3. The summed E-state index contributed by atoms with van der Waals surface area (Å²) in [7, 11) is 0. The van der Waals surface area contributed by atoms with Gasteiger partial charge in [0.05, 0.1) is 12.5 Å². The van der Waals surface area contributed by atoms with Crippen LogP contribution in [0, 0.1) is 0 Å². The molecule has 6 heteroatoms. The van der Waals surface area contributed by atoms with E-state index in [1.807, 2.05) is 48.5 Å². The van der Waals surface area contributed by atoms with E-state index in [2.05, 4.69) is 15.1 Å². The Balaban J connectivity index is 1.50. The molecule has 6 nitrogen and oxygen atoms in total. The summed E-state index contributed by atoms with van der Waals surface area (Å²) in [6, 6.07) is 15.6. The van der Waals surface area contributed by atoms with Gasteiger partial charge in [0.15, 0.2) is 5.58 Å². The molecule has 124 valence electrons. The van der Waals surface area contributed by atoms with Gasteiger partial charge in [-0.05, 0) is 36.8 Å². The van der Waals surface area contributed by atoms with E-state index < -0.39 is 0 Å². The molecule has 1 fully saturated rings. The van der Waals surface area contributed by atoms with Crippen molar-refractivity contribution >= 4 is 11.1 Å². The van der Waals surface area contributed by atoms with Crippen LogP contribution >= 0.6 is 0 Å². The van der Waals surface area contributed by atoms with Crippen LogP contribution < -0.4 is 0 Å². The van der Waals surface area contributed by atoms with Crippen LogP contribution in [0.5, 0.6) is 0 Å². The van der Waals surface area contributed by atoms with Gasteiger partial charge in [0.2, 0.25) is 17.6 Å². The topological polar surface area (TPSA) is 74.2 Å². The zero-order valence-electron chi connectivity index (χ0n) is 13.4. The lowest BCUT2D eigenvalue weighted by molar-refractivity contribution is 0.189. The van der Waals surface area contributed by atoms with Gasteiger partial charge >= 0.3 is 0 Å². The van der Waals surface area contributed by atoms with Gasteiger partial charge in [0, 0.05) is 17.7 Å². The van der Waals surface area contributed by atoms with Crippen molar-refractivity contribution < 1.29 is 13.7 Å². The Bertz CT molecular complexity index is 1020. The van der Waals surface area contributed by atoms with Gasteiger partial charge in [-0.1, -0.05) is 23.4 Å². The van der Waals surface area contributed by atoms with Crippen molar-refractivity contribution in [3.63, 3.8) is 0 Å². The molecular weight excluding hydrogens is 318 g/mol. The third kappa shape index (κ3) is 2.60. The van der Waals surface area contributed by atoms with Gasteiger partial charge < -0.3 is 13.7 Å². The first kappa shape index (κ1) is 14.4. The number of aromatic nitrogens is 3. The Morgan fingerprint density at radius 1 is 0.960 bits per heavy atom. The summed E-state index contributed by atoms with van der Waals surface area (Å²) in [5.74, 6) is 2.00. The molecule has 1 saturated heterocycles. The third-order valence-corrected chi connectivity index (χ3v) is 4.39. The van der Waals surface area contributed by atoms with Crippen LogP contribution in [0.4, 0.5) is 0 Å². The fourth-order valence-electron chi connectivity index (χ4n) is 3.02. The highest BCUT2D eigenvalue weighted by Gasteiger charge is 2.24. The molecule has 0 amide bonds. The lowest BCUT2D eigenvalue weighted by Gasteiger charge is -1.97. The van der Waals surface area contributed by atoms with Crippen molar-refractivity contribution in [1.82, 2.24) is 15.1 Å². The summed E-state index contributed by atoms with van der Waals surface area (Å²) in [5.41, 5.74) is 3.31. The molecule has 0 bridgehead atoms. The molecule has 1 unspecified atom stereocenters. The van der Waals surface area contributed by atoms with E-state index in [-0.39, 0.29) is 5.92 Å². The number of ether oxygens (including phenoxy) is 1. The number of fused-ring (bicyclic) bond motifs is 1. The van der Waals surface area contributed by atoms with E-state index in [1.54, 1.807) is 0 Å². The van der Waals surface area contributed by atoms with Crippen molar-refractivity contribution in [2.75, 3.05) is 13.2 Å². The SMILES string of the molecule is c1ccc(-c2nc3cc(-c4noc(C5CCOC5)n4)ccc3o2)cc1. The summed E-state index contributed by atoms with van der Waals surface area (Å²) >= 11 is 0. The first-order valence-corrected chi connectivity index (χ1v) is 8.24. The minimum Gasteiger partial charge on any atom is -0.436 e. The molecule has 4 aromatic rings. The van der Waals surface area contributed by atoms with E-state index in [9.17, 15) is 0 Å². The molecule has 5 rings (SSSR count). The number of oxazole rings is 1. The largest absolute Gasteiger partial charge is 0.436 e. The summed E-state index contributed by atoms with van der Waals surface area (Å²) in [6.45, 7) is 1.39. The molecule has 0 N–H and O–H groups in total. The van der Waals surface area contributed by atoms with Gasteiger partial charge in [0.1, 0.15) is 5.52 Å². The van der Waals surface area contributed by atoms with Gasteiger partial charge in [0.25, 0.3) is 0 Å². The normalized spacial score (nSPS) is 17.4. The molecule has 1 aliphatic rings. The van der Waals surface area contributed by atoms with Gasteiger partial charge in [-0.25, -0.2) is 4.98 Å². The predicted octanol–water partition coefficient (Wildman–Crippen LogP) is 4.05. The minimum absolute atomic E-state index is 0.196. The van der Waals surface area contributed by atoms with Crippen LogP contribution in [0.3, 0.4) is 0 Å². The molecular formula is C19H15N3O3. The lowest BCUT2D eigenvalue weighted by atomic mass is 10.1. The molecule has 1 aliphatic heterocycles. The van der Waals surface area contributed by atoms with Crippen LogP contribution in [-0.2, 0) is 4.74 Å². The van der Waals surface area contributed by atoms with Crippen LogP contribution in [0.15, 0.2) is 57.5 Å². The quantitative estimate of drug-likeness (QED) is 0.563. The molecule has 3 heterocycles. The number of rotatable bonds is 3. The lowest BCUT2D eigenvalue weighted by Crippen LogP contribution is -1.97. The Kier molecular flexibility index (Phi) is 3.34.